The predicted molar refractivity (Wildman–Crippen MR) is 112 cm³/mol. The number of hydrogen-bond acceptors (Lipinski definition) is 3. The second-order valence-corrected chi connectivity index (χ2v) is 7.73. The van der Waals surface area contributed by atoms with Crippen LogP contribution in [0.3, 0.4) is 0 Å². The molecule has 1 saturated heterocycles. The first-order valence-corrected chi connectivity index (χ1v) is 11.0. The summed E-state index contributed by atoms with van der Waals surface area (Å²) in [5.74, 6) is 0.305. The molecule has 2 amide bonds. The van der Waals surface area contributed by atoms with Gasteiger partial charge in [0.05, 0.1) is 6.04 Å². The number of β-lactam (4-membered cyclic amide) rings is 1. The van der Waals surface area contributed by atoms with E-state index in [2.05, 4.69) is 17.6 Å². The molecule has 0 aromatic heterocycles. The monoisotopic (exact) mass is 388 g/mol. The van der Waals surface area contributed by atoms with Crippen molar-refractivity contribution < 1.29 is 14.3 Å². The van der Waals surface area contributed by atoms with Crippen molar-refractivity contribution in [3.05, 3.63) is 30.3 Å². The fourth-order valence-electron chi connectivity index (χ4n) is 3.58. The van der Waals surface area contributed by atoms with Crippen LogP contribution in [0.1, 0.15) is 77.6 Å². The van der Waals surface area contributed by atoms with Crippen LogP contribution in [0.15, 0.2) is 30.3 Å². The molecular formula is C23H36N2O3. The van der Waals surface area contributed by atoms with E-state index in [0.717, 1.165) is 12.8 Å². The number of carbonyl (C=O) groups excluding carboxylic acids is 2. The number of unbranched alkanes of at least 4 members (excludes halogenated alkanes) is 9. The normalized spacial score (nSPS) is 18.2. The van der Waals surface area contributed by atoms with Crippen LogP contribution < -0.4 is 15.4 Å². The number of nitrogens with one attached hydrogen (secondary N) is 2. The molecule has 156 valence electrons. The fourth-order valence-corrected chi connectivity index (χ4v) is 3.58. The lowest BCUT2D eigenvalue weighted by Gasteiger charge is -2.37. The van der Waals surface area contributed by atoms with Gasteiger partial charge in [0.2, 0.25) is 5.91 Å². The van der Waals surface area contributed by atoms with Gasteiger partial charge in [0.15, 0.2) is 6.61 Å². The quantitative estimate of drug-likeness (QED) is 0.346. The summed E-state index contributed by atoms with van der Waals surface area (Å²) in [4.78, 5) is 23.8. The van der Waals surface area contributed by atoms with Crippen molar-refractivity contribution in [2.24, 2.45) is 0 Å². The van der Waals surface area contributed by atoms with E-state index in [4.69, 9.17) is 4.74 Å². The van der Waals surface area contributed by atoms with Crippen molar-refractivity contribution in [2.75, 3.05) is 6.61 Å². The van der Waals surface area contributed by atoms with Crippen molar-refractivity contribution in [3.8, 4) is 5.75 Å². The maximum Gasteiger partial charge on any atom is 0.258 e. The van der Waals surface area contributed by atoms with Gasteiger partial charge in [-0.3, -0.25) is 9.59 Å². The zero-order valence-electron chi connectivity index (χ0n) is 17.3. The molecule has 0 aliphatic carbocycles. The predicted octanol–water partition coefficient (Wildman–Crippen LogP) is 4.36. The summed E-state index contributed by atoms with van der Waals surface area (Å²) in [6, 6.07) is 8.86. The molecule has 1 aromatic rings. The van der Waals surface area contributed by atoms with Gasteiger partial charge >= 0.3 is 0 Å². The number of carbonyl (C=O) groups is 2. The van der Waals surface area contributed by atoms with Crippen LogP contribution in [0.5, 0.6) is 5.75 Å². The van der Waals surface area contributed by atoms with E-state index < -0.39 is 6.04 Å². The Labute approximate surface area is 169 Å². The Morgan fingerprint density at radius 2 is 1.57 bits per heavy atom. The molecular weight excluding hydrogens is 352 g/mol. The van der Waals surface area contributed by atoms with Crippen molar-refractivity contribution in [1.29, 1.82) is 0 Å². The second kappa shape index (κ2) is 13.2. The third-order valence-corrected chi connectivity index (χ3v) is 5.31. The van der Waals surface area contributed by atoms with Gasteiger partial charge in [0, 0.05) is 0 Å². The molecule has 5 nitrogen and oxygen atoms in total. The lowest BCUT2D eigenvalue weighted by atomic mass is 9.93. The maximum atomic E-state index is 12.0. The van der Waals surface area contributed by atoms with Gasteiger partial charge < -0.3 is 15.4 Å². The molecule has 1 aliphatic rings. The molecule has 1 aliphatic heterocycles. The average molecular weight is 389 g/mol. The minimum Gasteiger partial charge on any atom is -0.484 e. The van der Waals surface area contributed by atoms with Crippen LogP contribution in [0.25, 0.3) is 0 Å². The number of para-hydroxylation sites is 1. The lowest BCUT2D eigenvalue weighted by Crippen LogP contribution is -2.69. The minimum absolute atomic E-state index is 0.0576. The molecule has 0 bridgehead atoms. The Morgan fingerprint density at radius 3 is 2.18 bits per heavy atom. The molecule has 5 heteroatoms. The van der Waals surface area contributed by atoms with Crippen molar-refractivity contribution in [3.63, 3.8) is 0 Å². The van der Waals surface area contributed by atoms with E-state index >= 15 is 0 Å². The topological polar surface area (TPSA) is 67.4 Å². The highest BCUT2D eigenvalue weighted by molar-refractivity contribution is 5.93. The summed E-state index contributed by atoms with van der Waals surface area (Å²) in [6.45, 7) is 2.18. The largest absolute Gasteiger partial charge is 0.484 e. The van der Waals surface area contributed by atoms with E-state index in [1.165, 1.54) is 57.8 Å². The summed E-state index contributed by atoms with van der Waals surface area (Å²) < 4.78 is 5.43. The summed E-state index contributed by atoms with van der Waals surface area (Å²) in [5, 5.41) is 5.70. The van der Waals surface area contributed by atoms with Gasteiger partial charge in [-0.05, 0) is 18.6 Å². The third-order valence-electron chi connectivity index (χ3n) is 5.31. The molecule has 2 rings (SSSR count). The summed E-state index contributed by atoms with van der Waals surface area (Å²) in [5.41, 5.74) is 0. The van der Waals surface area contributed by atoms with Gasteiger partial charge in [0.25, 0.3) is 5.91 Å². The van der Waals surface area contributed by atoms with Crippen molar-refractivity contribution in [1.82, 2.24) is 10.6 Å². The van der Waals surface area contributed by atoms with E-state index in [9.17, 15) is 9.59 Å². The molecule has 2 N–H and O–H groups in total. The molecule has 0 unspecified atom stereocenters. The zero-order valence-corrected chi connectivity index (χ0v) is 17.3. The smallest absolute Gasteiger partial charge is 0.258 e. The summed E-state index contributed by atoms with van der Waals surface area (Å²) in [7, 11) is 0. The number of hydrogen-bond donors (Lipinski definition) is 2. The van der Waals surface area contributed by atoms with Crippen LogP contribution in [0.2, 0.25) is 0 Å². The van der Waals surface area contributed by atoms with Crippen molar-refractivity contribution in [2.45, 2.75) is 89.6 Å². The molecule has 0 radical (unpaired) electrons. The number of amides is 2. The highest BCUT2D eigenvalue weighted by Crippen LogP contribution is 2.16. The number of ether oxygens (including phenoxy) is 1. The van der Waals surface area contributed by atoms with Crippen LogP contribution in [-0.2, 0) is 9.59 Å². The second-order valence-electron chi connectivity index (χ2n) is 7.73. The Hall–Kier alpha value is -2.04. The van der Waals surface area contributed by atoms with Crippen LogP contribution >= 0.6 is 0 Å². The molecule has 1 heterocycles. The van der Waals surface area contributed by atoms with Gasteiger partial charge in [-0.15, -0.1) is 0 Å². The summed E-state index contributed by atoms with van der Waals surface area (Å²) in [6.07, 6.45) is 13.9. The molecule has 0 spiro atoms. The van der Waals surface area contributed by atoms with Gasteiger partial charge in [-0.1, -0.05) is 89.3 Å². The first-order valence-electron chi connectivity index (χ1n) is 11.0. The van der Waals surface area contributed by atoms with Crippen LogP contribution in [-0.4, -0.2) is 30.5 Å². The molecule has 2 atom stereocenters. The summed E-state index contributed by atoms with van der Waals surface area (Å²) >= 11 is 0. The average Bonchev–Trinajstić information content (AvgIpc) is 2.72. The molecule has 0 saturated carbocycles. The van der Waals surface area contributed by atoms with E-state index in [0.29, 0.717) is 5.75 Å². The van der Waals surface area contributed by atoms with E-state index in [-0.39, 0.29) is 24.5 Å². The molecule has 28 heavy (non-hydrogen) atoms. The van der Waals surface area contributed by atoms with E-state index in [1.807, 2.05) is 18.2 Å². The third kappa shape index (κ3) is 8.32. The highest BCUT2D eigenvalue weighted by atomic mass is 16.5. The first kappa shape index (κ1) is 22.3. The maximum absolute atomic E-state index is 12.0. The molecule has 1 aromatic carbocycles. The fraction of sp³-hybridized carbons (Fsp3) is 0.652. The van der Waals surface area contributed by atoms with Crippen LogP contribution in [0.4, 0.5) is 0 Å². The number of rotatable bonds is 15. The molecule has 1 fully saturated rings. The van der Waals surface area contributed by atoms with Gasteiger partial charge in [-0.2, -0.15) is 0 Å². The highest BCUT2D eigenvalue weighted by Gasteiger charge is 2.39. The Morgan fingerprint density at radius 1 is 0.964 bits per heavy atom. The minimum atomic E-state index is -0.412. The standard InChI is InChI=1S/C23H36N2O3/c1-2-3-4-5-6-7-8-9-10-14-17-20-22(23(27)24-20)25-21(26)18-28-19-15-12-11-13-16-19/h11-13,15-16,20,22H,2-10,14,17-18H2,1H3,(H,24,27)(H,25,26)/t20-,22+/m1/s1. The number of benzene rings is 1. The van der Waals surface area contributed by atoms with Gasteiger partial charge in [0.1, 0.15) is 11.8 Å². The lowest BCUT2D eigenvalue weighted by molar-refractivity contribution is -0.137. The Bertz CT molecular complexity index is 576. The van der Waals surface area contributed by atoms with Crippen molar-refractivity contribution >= 4 is 11.8 Å². The Kier molecular flexibility index (Phi) is 10.5. The van der Waals surface area contributed by atoms with E-state index in [1.54, 1.807) is 12.1 Å². The van der Waals surface area contributed by atoms with Crippen LogP contribution in [0, 0.1) is 0 Å². The SMILES string of the molecule is CCCCCCCCCCCC[C@H]1NC(=O)[C@H]1NC(=O)COc1ccccc1. The zero-order chi connectivity index (χ0) is 20.0. The van der Waals surface area contributed by atoms with Gasteiger partial charge in [-0.25, -0.2) is 0 Å². The first-order chi connectivity index (χ1) is 13.7. The Balaban J connectivity index is 1.51.